The van der Waals surface area contributed by atoms with Crippen LogP contribution in [0, 0.1) is 0 Å². The molecule has 0 heterocycles. The first-order chi connectivity index (χ1) is 14.1. The monoisotopic (exact) mass is 399 g/mol. The fourth-order valence-corrected chi connectivity index (χ4v) is 2.58. The van der Waals surface area contributed by atoms with Crippen molar-refractivity contribution >= 4 is 18.2 Å². The fraction of sp³-hybridized carbons (Fsp3) is 0.286. The van der Waals surface area contributed by atoms with Gasteiger partial charge in [0.1, 0.15) is 11.5 Å². The molecule has 0 aliphatic rings. The molecule has 2 amide bonds. The highest BCUT2D eigenvalue weighted by molar-refractivity contribution is 5.85. The van der Waals surface area contributed by atoms with E-state index < -0.39 is 12.1 Å². The van der Waals surface area contributed by atoms with Crippen LogP contribution in [0.15, 0.2) is 53.6 Å². The molecule has 0 aliphatic heterocycles. The van der Waals surface area contributed by atoms with Crippen LogP contribution in [0.5, 0.6) is 11.5 Å². The number of carbonyl (C=O) groups is 2. The number of alkyl carbamates (subject to hydrolysis) is 1. The summed E-state index contributed by atoms with van der Waals surface area (Å²) >= 11 is 0. The Balaban J connectivity index is 2.02. The van der Waals surface area contributed by atoms with Gasteiger partial charge >= 0.3 is 6.09 Å². The van der Waals surface area contributed by atoms with E-state index in [1.165, 1.54) is 13.3 Å². The molecular formula is C21H25N3O5. The van der Waals surface area contributed by atoms with Gasteiger partial charge in [-0.15, -0.1) is 0 Å². The molecule has 2 rings (SSSR count). The summed E-state index contributed by atoms with van der Waals surface area (Å²) in [6.45, 7) is 1.96. The summed E-state index contributed by atoms with van der Waals surface area (Å²) in [6, 6.07) is 13.9. The third-order valence-corrected chi connectivity index (χ3v) is 3.99. The fourth-order valence-electron chi connectivity index (χ4n) is 2.58. The lowest BCUT2D eigenvalue weighted by Crippen LogP contribution is -2.33. The van der Waals surface area contributed by atoms with E-state index in [9.17, 15) is 9.59 Å². The van der Waals surface area contributed by atoms with Crippen molar-refractivity contribution in [1.29, 1.82) is 0 Å². The van der Waals surface area contributed by atoms with Crippen LogP contribution < -0.4 is 20.2 Å². The van der Waals surface area contributed by atoms with Crippen LogP contribution in [-0.4, -0.2) is 39.0 Å². The van der Waals surface area contributed by atoms with Crippen molar-refractivity contribution in [3.63, 3.8) is 0 Å². The van der Waals surface area contributed by atoms with E-state index in [1.807, 2.05) is 30.3 Å². The van der Waals surface area contributed by atoms with Gasteiger partial charge in [0.15, 0.2) is 0 Å². The average Bonchev–Trinajstić information content (AvgIpc) is 2.74. The molecule has 0 fully saturated rings. The Morgan fingerprint density at radius 1 is 1.10 bits per heavy atom. The van der Waals surface area contributed by atoms with Gasteiger partial charge in [0.05, 0.1) is 39.5 Å². The molecule has 0 spiro atoms. The zero-order valence-corrected chi connectivity index (χ0v) is 16.7. The van der Waals surface area contributed by atoms with E-state index in [0.29, 0.717) is 17.1 Å². The second-order valence-electron chi connectivity index (χ2n) is 5.93. The molecule has 2 N–H and O–H groups in total. The third-order valence-electron chi connectivity index (χ3n) is 3.99. The first-order valence-electron chi connectivity index (χ1n) is 9.09. The number of hydrogen-bond acceptors (Lipinski definition) is 6. The normalized spacial score (nSPS) is 11.6. The van der Waals surface area contributed by atoms with Crippen LogP contribution in [0.2, 0.25) is 0 Å². The summed E-state index contributed by atoms with van der Waals surface area (Å²) in [5.74, 6) is 0.853. The van der Waals surface area contributed by atoms with Crippen LogP contribution in [0.3, 0.4) is 0 Å². The molecule has 8 heteroatoms. The predicted octanol–water partition coefficient (Wildman–Crippen LogP) is 3.03. The number of rotatable bonds is 9. The second-order valence-corrected chi connectivity index (χ2v) is 5.93. The zero-order chi connectivity index (χ0) is 21.1. The Hall–Kier alpha value is -3.55. The lowest BCUT2D eigenvalue weighted by atomic mass is 10.0. The molecule has 2 aromatic carbocycles. The molecule has 0 saturated heterocycles. The maximum Gasteiger partial charge on any atom is 0.407 e. The van der Waals surface area contributed by atoms with E-state index in [2.05, 4.69) is 15.8 Å². The quantitative estimate of drug-likeness (QED) is 0.499. The zero-order valence-electron chi connectivity index (χ0n) is 16.7. The number of hydrazone groups is 1. The minimum Gasteiger partial charge on any atom is -0.497 e. The molecule has 1 atom stereocenters. The highest BCUT2D eigenvalue weighted by Gasteiger charge is 2.18. The molecule has 2 aromatic rings. The maximum absolute atomic E-state index is 12.3. The topological polar surface area (TPSA) is 98.2 Å². The van der Waals surface area contributed by atoms with Crippen molar-refractivity contribution in [3.8, 4) is 11.5 Å². The van der Waals surface area contributed by atoms with Crippen molar-refractivity contribution in [3.05, 3.63) is 59.7 Å². The summed E-state index contributed by atoms with van der Waals surface area (Å²) in [4.78, 5) is 24.2. The highest BCUT2D eigenvalue weighted by atomic mass is 16.5. The second kappa shape index (κ2) is 11.3. The number of ether oxygens (including phenoxy) is 3. The van der Waals surface area contributed by atoms with E-state index in [4.69, 9.17) is 14.2 Å². The van der Waals surface area contributed by atoms with Gasteiger partial charge in [-0.2, -0.15) is 5.10 Å². The van der Waals surface area contributed by atoms with Gasteiger partial charge < -0.3 is 19.5 Å². The average molecular weight is 399 g/mol. The Morgan fingerprint density at radius 3 is 2.52 bits per heavy atom. The standard InChI is InChI=1S/C21H25N3O5/c1-4-29-21(26)23-18(15-8-6-5-7-9-15)13-20(25)24-22-14-16-10-11-17(27-2)12-19(16)28-3/h5-12,14,18H,4,13H2,1-3H3,(H,23,26)(H,24,25)/b22-14-/t18-/m1/s1. The van der Waals surface area contributed by atoms with Crippen LogP contribution in [-0.2, 0) is 9.53 Å². The summed E-state index contributed by atoms with van der Waals surface area (Å²) in [5, 5.41) is 6.67. The summed E-state index contributed by atoms with van der Waals surface area (Å²) in [7, 11) is 3.10. The molecular weight excluding hydrogens is 374 g/mol. The number of benzene rings is 2. The van der Waals surface area contributed by atoms with Crippen molar-refractivity contribution in [1.82, 2.24) is 10.7 Å². The molecule has 0 radical (unpaired) electrons. The molecule has 0 aliphatic carbocycles. The summed E-state index contributed by atoms with van der Waals surface area (Å²) in [5.41, 5.74) is 3.94. The molecule has 8 nitrogen and oxygen atoms in total. The number of nitrogens with one attached hydrogen (secondary N) is 2. The molecule has 154 valence electrons. The van der Waals surface area contributed by atoms with Gasteiger partial charge in [-0.1, -0.05) is 30.3 Å². The van der Waals surface area contributed by atoms with Crippen LogP contribution in [0.4, 0.5) is 4.79 Å². The Labute approximate surface area is 169 Å². The van der Waals surface area contributed by atoms with Gasteiger partial charge in [-0.05, 0) is 24.6 Å². The highest BCUT2D eigenvalue weighted by Crippen LogP contribution is 2.23. The number of carbonyl (C=O) groups excluding carboxylic acids is 2. The Kier molecular flexibility index (Phi) is 8.50. The first kappa shape index (κ1) is 21.7. The first-order valence-corrected chi connectivity index (χ1v) is 9.09. The summed E-state index contributed by atoms with van der Waals surface area (Å²) < 4.78 is 15.4. The Bertz CT molecular complexity index is 839. The lowest BCUT2D eigenvalue weighted by Gasteiger charge is -2.18. The van der Waals surface area contributed by atoms with E-state index in [0.717, 1.165) is 5.56 Å². The van der Waals surface area contributed by atoms with Crippen molar-refractivity contribution in [2.75, 3.05) is 20.8 Å². The number of hydrogen-bond donors (Lipinski definition) is 2. The van der Waals surface area contributed by atoms with Crippen molar-refractivity contribution in [2.24, 2.45) is 5.10 Å². The molecule has 0 bridgehead atoms. The summed E-state index contributed by atoms with van der Waals surface area (Å²) in [6.07, 6.45) is 0.896. The van der Waals surface area contributed by atoms with Crippen molar-refractivity contribution in [2.45, 2.75) is 19.4 Å². The van der Waals surface area contributed by atoms with Crippen LogP contribution in [0.25, 0.3) is 0 Å². The van der Waals surface area contributed by atoms with Gasteiger partial charge in [0.2, 0.25) is 5.91 Å². The largest absolute Gasteiger partial charge is 0.497 e. The number of methoxy groups -OCH3 is 2. The third kappa shape index (κ3) is 6.84. The van der Waals surface area contributed by atoms with E-state index in [-0.39, 0.29) is 18.9 Å². The van der Waals surface area contributed by atoms with Gasteiger partial charge in [-0.25, -0.2) is 10.2 Å². The van der Waals surface area contributed by atoms with Gasteiger partial charge in [0, 0.05) is 11.6 Å². The molecule has 0 aromatic heterocycles. The van der Waals surface area contributed by atoms with E-state index >= 15 is 0 Å². The predicted molar refractivity (Wildman–Crippen MR) is 109 cm³/mol. The molecule has 29 heavy (non-hydrogen) atoms. The van der Waals surface area contributed by atoms with Gasteiger partial charge in [0.25, 0.3) is 0 Å². The smallest absolute Gasteiger partial charge is 0.407 e. The maximum atomic E-state index is 12.3. The lowest BCUT2D eigenvalue weighted by molar-refractivity contribution is -0.121. The Morgan fingerprint density at radius 2 is 1.86 bits per heavy atom. The minimum atomic E-state index is -0.583. The SMILES string of the molecule is CCOC(=O)N[C@H](CC(=O)N/N=C\c1ccc(OC)cc1OC)c1ccccc1. The number of nitrogens with zero attached hydrogens (tertiary/aromatic N) is 1. The van der Waals surface area contributed by atoms with Crippen LogP contribution in [0.1, 0.15) is 30.5 Å². The van der Waals surface area contributed by atoms with E-state index in [1.54, 1.807) is 32.2 Å². The van der Waals surface area contributed by atoms with Crippen molar-refractivity contribution < 1.29 is 23.8 Å². The number of amides is 2. The molecule has 0 saturated carbocycles. The minimum absolute atomic E-state index is 0.0000842. The molecule has 0 unspecified atom stereocenters. The van der Waals surface area contributed by atoms with Crippen LogP contribution >= 0.6 is 0 Å². The van der Waals surface area contributed by atoms with Gasteiger partial charge in [-0.3, -0.25) is 4.79 Å².